The molecule has 82 valence electrons. The number of hydrogen-bond acceptors (Lipinski definition) is 4. The van der Waals surface area contributed by atoms with Gasteiger partial charge in [-0.3, -0.25) is 9.97 Å². The van der Waals surface area contributed by atoms with E-state index >= 15 is 0 Å². The molecule has 0 spiro atoms. The molecule has 0 saturated carbocycles. The average Bonchev–Trinajstić information content (AvgIpc) is 2.33. The fraction of sp³-hybridized carbons (Fsp3) is 0.167. The molecule has 2 rings (SSSR count). The van der Waals surface area contributed by atoms with Crippen LogP contribution in [0.25, 0.3) is 0 Å². The number of ether oxygens (including phenoxy) is 1. The van der Waals surface area contributed by atoms with Crippen molar-refractivity contribution in [3.63, 3.8) is 0 Å². The van der Waals surface area contributed by atoms with Crippen molar-refractivity contribution in [1.82, 2.24) is 9.97 Å². The first-order valence-electron chi connectivity index (χ1n) is 4.94. The molecule has 4 heteroatoms. The van der Waals surface area contributed by atoms with Gasteiger partial charge in [0, 0.05) is 23.7 Å². The molecule has 2 aromatic heterocycles. The number of aromatic nitrogens is 2. The van der Waals surface area contributed by atoms with Crippen LogP contribution in [0.1, 0.15) is 11.3 Å². The molecule has 2 aromatic rings. The highest BCUT2D eigenvalue weighted by atomic mass is 16.5. The second-order valence-electron chi connectivity index (χ2n) is 3.38. The van der Waals surface area contributed by atoms with Gasteiger partial charge in [0.25, 0.3) is 0 Å². The molecule has 0 aliphatic heterocycles. The van der Waals surface area contributed by atoms with Crippen LogP contribution in [0, 0.1) is 6.92 Å². The summed E-state index contributed by atoms with van der Waals surface area (Å²) < 4.78 is 5.59. The van der Waals surface area contributed by atoms with Gasteiger partial charge in [0.05, 0.1) is 12.8 Å². The third-order valence-corrected chi connectivity index (χ3v) is 2.14. The zero-order valence-corrected chi connectivity index (χ0v) is 8.92. The van der Waals surface area contributed by atoms with E-state index in [-0.39, 0.29) is 6.61 Å². The van der Waals surface area contributed by atoms with Crippen LogP contribution >= 0.6 is 0 Å². The van der Waals surface area contributed by atoms with Gasteiger partial charge in [-0.25, -0.2) is 0 Å². The normalized spacial score (nSPS) is 10.1. The molecule has 0 fully saturated rings. The molecule has 0 unspecified atom stereocenters. The second-order valence-corrected chi connectivity index (χ2v) is 3.38. The predicted octanol–water partition coefficient (Wildman–Crippen LogP) is 2.07. The maximum Gasteiger partial charge on any atom is 0.145 e. The summed E-state index contributed by atoms with van der Waals surface area (Å²) in [6.07, 6.45) is 4.85. The van der Waals surface area contributed by atoms with Crippen LogP contribution in [-0.4, -0.2) is 15.1 Å². The van der Waals surface area contributed by atoms with E-state index in [0.29, 0.717) is 17.1 Å². The molecule has 16 heavy (non-hydrogen) atoms. The molecule has 4 nitrogen and oxygen atoms in total. The molecule has 0 aliphatic rings. The van der Waals surface area contributed by atoms with E-state index in [1.54, 1.807) is 24.7 Å². The highest BCUT2D eigenvalue weighted by Gasteiger charge is 2.03. The van der Waals surface area contributed by atoms with E-state index in [1.165, 1.54) is 0 Å². The second kappa shape index (κ2) is 4.72. The number of nitrogens with zero attached hydrogens (tertiary/aromatic N) is 2. The maximum atomic E-state index is 9.10. The zero-order valence-electron chi connectivity index (χ0n) is 8.92. The number of aryl methyl sites for hydroxylation is 1. The minimum absolute atomic E-state index is 0.0948. The topological polar surface area (TPSA) is 55.2 Å². The lowest BCUT2D eigenvalue weighted by Crippen LogP contribution is -1.93. The van der Waals surface area contributed by atoms with Crippen molar-refractivity contribution in [1.29, 1.82) is 0 Å². The van der Waals surface area contributed by atoms with E-state index in [0.717, 1.165) is 5.69 Å². The summed E-state index contributed by atoms with van der Waals surface area (Å²) in [4.78, 5) is 8.04. The Kier molecular flexibility index (Phi) is 3.12. The van der Waals surface area contributed by atoms with Gasteiger partial charge in [-0.1, -0.05) is 0 Å². The minimum Gasteiger partial charge on any atom is -0.455 e. The average molecular weight is 216 g/mol. The van der Waals surface area contributed by atoms with Gasteiger partial charge < -0.3 is 9.84 Å². The van der Waals surface area contributed by atoms with Crippen molar-refractivity contribution in [2.45, 2.75) is 13.5 Å². The first kappa shape index (κ1) is 10.6. The zero-order chi connectivity index (χ0) is 11.4. The smallest absolute Gasteiger partial charge is 0.145 e. The summed E-state index contributed by atoms with van der Waals surface area (Å²) in [5, 5.41) is 9.10. The number of hydrogen-bond donors (Lipinski definition) is 1. The van der Waals surface area contributed by atoms with Crippen molar-refractivity contribution >= 4 is 0 Å². The lowest BCUT2D eigenvalue weighted by molar-refractivity contribution is 0.276. The monoisotopic (exact) mass is 216 g/mol. The highest BCUT2D eigenvalue weighted by Crippen LogP contribution is 2.23. The van der Waals surface area contributed by atoms with Crippen molar-refractivity contribution in [2.75, 3.05) is 0 Å². The number of rotatable bonds is 3. The Morgan fingerprint density at radius 2 is 2.12 bits per heavy atom. The van der Waals surface area contributed by atoms with E-state index in [1.807, 2.05) is 19.1 Å². The van der Waals surface area contributed by atoms with Gasteiger partial charge >= 0.3 is 0 Å². The highest BCUT2D eigenvalue weighted by molar-refractivity contribution is 5.34. The molecule has 1 N–H and O–H groups in total. The third kappa shape index (κ3) is 2.35. The predicted molar refractivity (Wildman–Crippen MR) is 59.2 cm³/mol. The summed E-state index contributed by atoms with van der Waals surface area (Å²) in [6, 6.07) is 5.42. The minimum atomic E-state index is -0.0948. The van der Waals surface area contributed by atoms with E-state index in [4.69, 9.17) is 9.84 Å². The van der Waals surface area contributed by atoms with Gasteiger partial charge in [0.15, 0.2) is 0 Å². The van der Waals surface area contributed by atoms with Gasteiger partial charge in [-0.05, 0) is 25.1 Å². The van der Waals surface area contributed by atoms with Gasteiger partial charge in [-0.2, -0.15) is 0 Å². The lowest BCUT2D eigenvalue weighted by Gasteiger charge is -2.08. The molecular weight excluding hydrogens is 204 g/mol. The summed E-state index contributed by atoms with van der Waals surface area (Å²) in [5.41, 5.74) is 1.59. The molecule has 2 heterocycles. The van der Waals surface area contributed by atoms with Crippen LogP contribution in [-0.2, 0) is 6.61 Å². The van der Waals surface area contributed by atoms with Gasteiger partial charge in [0.2, 0.25) is 0 Å². The van der Waals surface area contributed by atoms with Crippen LogP contribution in [0.2, 0.25) is 0 Å². The van der Waals surface area contributed by atoms with Crippen molar-refractivity contribution in [3.8, 4) is 11.5 Å². The first-order chi connectivity index (χ1) is 7.79. The van der Waals surface area contributed by atoms with E-state index in [9.17, 15) is 0 Å². The Bertz CT molecular complexity index is 469. The Hall–Kier alpha value is -1.94. The number of pyridine rings is 2. The quantitative estimate of drug-likeness (QED) is 0.853. The molecule has 0 atom stereocenters. The molecule has 0 aliphatic carbocycles. The SMILES string of the molecule is Cc1ccc(Oc2ccncc2CO)cn1. The maximum absolute atomic E-state index is 9.10. The summed E-state index contributed by atoms with van der Waals surface area (Å²) in [5.74, 6) is 1.25. The molecule has 0 radical (unpaired) electrons. The third-order valence-electron chi connectivity index (χ3n) is 2.14. The standard InChI is InChI=1S/C12H12N2O2/c1-9-2-3-11(7-14-9)16-12-4-5-13-6-10(12)8-15/h2-7,15H,8H2,1H3. The molecule has 0 bridgehead atoms. The van der Waals surface area contributed by atoms with E-state index < -0.39 is 0 Å². The molecular formula is C12H12N2O2. The summed E-state index contributed by atoms with van der Waals surface area (Å²) >= 11 is 0. The van der Waals surface area contributed by atoms with Crippen LogP contribution in [0.5, 0.6) is 11.5 Å². The van der Waals surface area contributed by atoms with Crippen LogP contribution in [0.3, 0.4) is 0 Å². The van der Waals surface area contributed by atoms with Crippen LogP contribution < -0.4 is 4.74 Å². The number of aliphatic hydroxyl groups is 1. The molecule has 0 aromatic carbocycles. The van der Waals surface area contributed by atoms with Crippen molar-refractivity contribution in [3.05, 3.63) is 48.0 Å². The van der Waals surface area contributed by atoms with Gasteiger partial charge in [0.1, 0.15) is 11.5 Å². The van der Waals surface area contributed by atoms with Crippen LogP contribution in [0.4, 0.5) is 0 Å². The Labute approximate surface area is 93.6 Å². The van der Waals surface area contributed by atoms with E-state index in [2.05, 4.69) is 9.97 Å². The van der Waals surface area contributed by atoms with Gasteiger partial charge in [-0.15, -0.1) is 0 Å². The molecule has 0 amide bonds. The number of aliphatic hydroxyl groups excluding tert-OH is 1. The molecule has 0 saturated heterocycles. The fourth-order valence-electron chi connectivity index (χ4n) is 1.27. The van der Waals surface area contributed by atoms with Crippen molar-refractivity contribution < 1.29 is 9.84 Å². The van der Waals surface area contributed by atoms with Crippen LogP contribution in [0.15, 0.2) is 36.8 Å². The summed E-state index contributed by atoms with van der Waals surface area (Å²) in [6.45, 7) is 1.82. The Morgan fingerprint density at radius 3 is 2.81 bits per heavy atom. The summed E-state index contributed by atoms with van der Waals surface area (Å²) in [7, 11) is 0. The van der Waals surface area contributed by atoms with Crippen molar-refractivity contribution in [2.24, 2.45) is 0 Å². The Morgan fingerprint density at radius 1 is 1.25 bits per heavy atom. The lowest BCUT2D eigenvalue weighted by atomic mass is 10.3. The first-order valence-corrected chi connectivity index (χ1v) is 4.94. The largest absolute Gasteiger partial charge is 0.455 e. The Balaban J connectivity index is 2.23. The fourth-order valence-corrected chi connectivity index (χ4v) is 1.27.